The lowest BCUT2D eigenvalue weighted by molar-refractivity contribution is 0.0940. The highest BCUT2D eigenvalue weighted by molar-refractivity contribution is 6.42. The molecule has 2 amide bonds. The van der Waals surface area contributed by atoms with E-state index in [1.807, 2.05) is 30.3 Å². The number of halogens is 2. The molecule has 0 aliphatic heterocycles. The molecule has 10 nitrogen and oxygen atoms in total. The SMILES string of the molecule is O=C(Nc1nn[nH]n1)c1ccc(Cn2nc(-c3ccc(Cl)c(Cl)c3)cc2C(=O)NCc2ccccc2)cc1. The molecular formula is C26H20Cl2N8O2. The van der Waals surface area contributed by atoms with Gasteiger partial charge in [-0.2, -0.15) is 10.3 Å². The molecular weight excluding hydrogens is 527 g/mol. The Balaban J connectivity index is 1.38. The first kappa shape index (κ1) is 25.1. The Labute approximate surface area is 227 Å². The highest BCUT2D eigenvalue weighted by Gasteiger charge is 2.18. The molecule has 5 aromatic rings. The normalized spacial score (nSPS) is 10.8. The first-order valence-corrected chi connectivity index (χ1v) is 12.2. The molecule has 0 radical (unpaired) electrons. The summed E-state index contributed by atoms with van der Waals surface area (Å²) in [7, 11) is 0. The number of aromatic nitrogens is 6. The van der Waals surface area contributed by atoms with Crippen molar-refractivity contribution in [2.75, 3.05) is 5.32 Å². The van der Waals surface area contributed by atoms with Crippen LogP contribution in [-0.2, 0) is 13.1 Å². The summed E-state index contributed by atoms with van der Waals surface area (Å²) >= 11 is 12.3. The van der Waals surface area contributed by atoms with E-state index < -0.39 is 0 Å². The molecule has 3 aromatic carbocycles. The standard InChI is InChI=1S/C26H20Cl2N8O2/c27-20-11-10-19(12-21(20)28)22-13-23(25(38)29-14-16-4-2-1-3-5-16)36(33-22)15-17-6-8-18(9-7-17)24(37)30-26-31-34-35-32-26/h1-13H,14-15H2,(H,29,38)(H2,30,31,32,34,35,37). The van der Waals surface area contributed by atoms with Crippen LogP contribution >= 0.6 is 23.2 Å². The van der Waals surface area contributed by atoms with Crippen molar-refractivity contribution in [1.82, 2.24) is 35.7 Å². The van der Waals surface area contributed by atoms with E-state index in [1.165, 1.54) is 0 Å². The van der Waals surface area contributed by atoms with Gasteiger partial charge in [-0.15, -0.1) is 5.10 Å². The summed E-state index contributed by atoms with van der Waals surface area (Å²) in [6.45, 7) is 0.666. The number of nitrogens with zero attached hydrogens (tertiary/aromatic N) is 5. The largest absolute Gasteiger partial charge is 0.347 e. The van der Waals surface area contributed by atoms with Crippen LogP contribution in [0.1, 0.15) is 32.0 Å². The molecule has 0 aliphatic rings. The number of hydrogen-bond donors (Lipinski definition) is 3. The molecule has 2 aromatic heterocycles. The van der Waals surface area contributed by atoms with Crippen LogP contribution in [0.3, 0.4) is 0 Å². The van der Waals surface area contributed by atoms with Gasteiger partial charge in [0, 0.05) is 17.7 Å². The van der Waals surface area contributed by atoms with Crippen LogP contribution in [0.4, 0.5) is 5.95 Å². The van der Waals surface area contributed by atoms with Crippen LogP contribution < -0.4 is 10.6 Å². The van der Waals surface area contributed by atoms with Gasteiger partial charge in [0.05, 0.1) is 22.3 Å². The number of benzene rings is 3. The van der Waals surface area contributed by atoms with Crippen LogP contribution in [0.15, 0.2) is 78.9 Å². The topological polar surface area (TPSA) is 130 Å². The number of rotatable bonds is 8. The van der Waals surface area contributed by atoms with E-state index in [0.29, 0.717) is 40.1 Å². The molecule has 0 unspecified atom stereocenters. The lowest BCUT2D eigenvalue weighted by Gasteiger charge is -2.09. The average molecular weight is 547 g/mol. The zero-order chi connectivity index (χ0) is 26.5. The number of tetrazole rings is 1. The first-order valence-electron chi connectivity index (χ1n) is 11.5. The van der Waals surface area contributed by atoms with Gasteiger partial charge in [0.1, 0.15) is 5.69 Å². The lowest BCUT2D eigenvalue weighted by Crippen LogP contribution is -2.26. The van der Waals surface area contributed by atoms with Crippen LogP contribution in [-0.4, -0.2) is 42.2 Å². The van der Waals surface area contributed by atoms with Crippen molar-refractivity contribution in [3.63, 3.8) is 0 Å². The quantitative estimate of drug-likeness (QED) is 0.260. The Morgan fingerprint density at radius 1 is 0.868 bits per heavy atom. The molecule has 0 aliphatic carbocycles. The van der Waals surface area contributed by atoms with Crippen molar-refractivity contribution >= 4 is 41.0 Å². The second kappa shape index (κ2) is 11.2. The first-order chi connectivity index (χ1) is 18.5. The monoisotopic (exact) mass is 546 g/mol. The summed E-state index contributed by atoms with van der Waals surface area (Å²) in [6, 6.07) is 23.5. The Kier molecular flexibility index (Phi) is 7.43. The lowest BCUT2D eigenvalue weighted by atomic mass is 10.1. The van der Waals surface area contributed by atoms with E-state index in [4.69, 9.17) is 23.2 Å². The summed E-state index contributed by atoms with van der Waals surface area (Å²) in [5, 5.41) is 24.1. The van der Waals surface area contributed by atoms with Crippen molar-refractivity contribution in [2.45, 2.75) is 13.1 Å². The Bertz CT molecular complexity index is 1570. The number of carbonyl (C=O) groups is 2. The van der Waals surface area contributed by atoms with Gasteiger partial charge in [0.2, 0.25) is 0 Å². The molecule has 38 heavy (non-hydrogen) atoms. The van der Waals surface area contributed by atoms with E-state index in [-0.39, 0.29) is 17.8 Å². The van der Waals surface area contributed by atoms with Crippen molar-refractivity contribution in [2.24, 2.45) is 0 Å². The molecule has 0 fully saturated rings. The fourth-order valence-corrected chi connectivity index (χ4v) is 4.01. The van der Waals surface area contributed by atoms with Gasteiger partial charge < -0.3 is 5.32 Å². The Hall–Kier alpha value is -4.54. The fraction of sp³-hybridized carbons (Fsp3) is 0.0769. The number of carbonyl (C=O) groups excluding carboxylic acids is 2. The zero-order valence-electron chi connectivity index (χ0n) is 19.7. The smallest absolute Gasteiger partial charge is 0.270 e. The van der Waals surface area contributed by atoms with Crippen LogP contribution in [0.25, 0.3) is 11.3 Å². The molecule has 190 valence electrons. The second-order valence-corrected chi connectivity index (χ2v) is 9.07. The fourth-order valence-electron chi connectivity index (χ4n) is 3.71. The van der Waals surface area contributed by atoms with Gasteiger partial charge in [0.15, 0.2) is 0 Å². The summed E-state index contributed by atoms with van der Waals surface area (Å²) in [4.78, 5) is 25.6. The summed E-state index contributed by atoms with van der Waals surface area (Å²) in [5.74, 6) is -0.569. The third-order valence-electron chi connectivity index (χ3n) is 5.64. The average Bonchev–Trinajstić information content (AvgIpc) is 3.60. The molecule has 0 saturated carbocycles. The maximum atomic E-state index is 13.2. The molecule has 0 spiro atoms. The number of anilines is 1. The number of hydrogen-bond acceptors (Lipinski definition) is 6. The van der Waals surface area contributed by atoms with E-state index in [2.05, 4.69) is 36.4 Å². The zero-order valence-corrected chi connectivity index (χ0v) is 21.2. The van der Waals surface area contributed by atoms with Gasteiger partial charge in [-0.3, -0.25) is 19.6 Å². The maximum absolute atomic E-state index is 13.2. The molecule has 2 heterocycles. The minimum absolute atomic E-state index is 0.0802. The highest BCUT2D eigenvalue weighted by atomic mass is 35.5. The number of amides is 2. The predicted molar refractivity (Wildman–Crippen MR) is 143 cm³/mol. The number of nitrogens with one attached hydrogen (secondary N) is 3. The predicted octanol–water partition coefficient (Wildman–Crippen LogP) is 4.60. The third kappa shape index (κ3) is 5.88. The minimum atomic E-state index is -0.375. The van der Waals surface area contributed by atoms with Gasteiger partial charge in [-0.05, 0) is 46.7 Å². The van der Waals surface area contributed by atoms with E-state index in [1.54, 1.807) is 53.2 Å². The minimum Gasteiger partial charge on any atom is -0.347 e. The Morgan fingerprint density at radius 2 is 1.66 bits per heavy atom. The molecule has 0 saturated heterocycles. The van der Waals surface area contributed by atoms with Gasteiger partial charge in [0.25, 0.3) is 17.8 Å². The number of aromatic amines is 1. The number of H-pyrrole nitrogens is 1. The van der Waals surface area contributed by atoms with Gasteiger partial charge in [-0.1, -0.05) is 76.8 Å². The van der Waals surface area contributed by atoms with Crippen molar-refractivity contribution in [3.05, 3.63) is 111 Å². The van der Waals surface area contributed by atoms with Gasteiger partial charge in [-0.25, -0.2) is 0 Å². The summed E-state index contributed by atoms with van der Waals surface area (Å²) < 4.78 is 1.62. The van der Waals surface area contributed by atoms with E-state index >= 15 is 0 Å². The van der Waals surface area contributed by atoms with Crippen molar-refractivity contribution in [3.8, 4) is 11.3 Å². The van der Waals surface area contributed by atoms with Gasteiger partial charge >= 0.3 is 0 Å². The molecule has 0 atom stereocenters. The Morgan fingerprint density at radius 3 is 2.37 bits per heavy atom. The molecule has 12 heteroatoms. The molecule has 3 N–H and O–H groups in total. The van der Waals surface area contributed by atoms with E-state index in [9.17, 15) is 9.59 Å². The summed E-state index contributed by atoms with van der Waals surface area (Å²) in [5.41, 5.74) is 3.90. The molecule has 5 rings (SSSR count). The third-order valence-corrected chi connectivity index (χ3v) is 6.38. The van der Waals surface area contributed by atoms with Crippen molar-refractivity contribution < 1.29 is 9.59 Å². The van der Waals surface area contributed by atoms with Crippen LogP contribution in [0.2, 0.25) is 10.0 Å². The summed E-state index contributed by atoms with van der Waals surface area (Å²) in [6.07, 6.45) is 0. The maximum Gasteiger partial charge on any atom is 0.270 e. The van der Waals surface area contributed by atoms with E-state index in [0.717, 1.165) is 16.7 Å². The van der Waals surface area contributed by atoms with Crippen molar-refractivity contribution in [1.29, 1.82) is 0 Å². The second-order valence-electron chi connectivity index (χ2n) is 8.26. The highest BCUT2D eigenvalue weighted by Crippen LogP contribution is 2.28. The van der Waals surface area contributed by atoms with Crippen LogP contribution in [0.5, 0.6) is 0 Å². The van der Waals surface area contributed by atoms with Crippen LogP contribution in [0, 0.1) is 0 Å². The molecule has 0 bridgehead atoms.